The second kappa shape index (κ2) is 3.81. The summed E-state index contributed by atoms with van der Waals surface area (Å²) in [5.41, 5.74) is 0.833. The van der Waals surface area contributed by atoms with E-state index < -0.39 is 0 Å². The molecular formula is C11H13NO3. The zero-order chi connectivity index (χ0) is 10.8. The fourth-order valence-electron chi connectivity index (χ4n) is 1.66. The maximum atomic E-state index is 11.3. The Morgan fingerprint density at radius 1 is 1.60 bits per heavy atom. The molecule has 2 rings (SSSR count). The number of carbonyl (C=O) groups is 1. The zero-order valence-corrected chi connectivity index (χ0v) is 8.51. The molecule has 1 aliphatic heterocycles. The highest BCUT2D eigenvalue weighted by molar-refractivity contribution is 5.70. The number of rotatable bonds is 2. The lowest BCUT2D eigenvalue weighted by Gasteiger charge is -2.09. The maximum absolute atomic E-state index is 11.3. The third kappa shape index (κ3) is 1.88. The number of likely N-dealkylation sites (N-methyl/N-ethyl adjacent to an activating group) is 1. The summed E-state index contributed by atoms with van der Waals surface area (Å²) in [7, 11) is 0. The molecule has 0 spiro atoms. The van der Waals surface area contributed by atoms with E-state index in [9.17, 15) is 9.90 Å². The summed E-state index contributed by atoms with van der Waals surface area (Å²) >= 11 is 0. The van der Waals surface area contributed by atoms with Crippen molar-refractivity contribution in [1.82, 2.24) is 4.90 Å². The van der Waals surface area contributed by atoms with E-state index in [1.54, 1.807) is 23.1 Å². The fourth-order valence-corrected chi connectivity index (χ4v) is 1.66. The first-order valence-electron chi connectivity index (χ1n) is 4.95. The highest BCUT2D eigenvalue weighted by Crippen LogP contribution is 2.27. The van der Waals surface area contributed by atoms with E-state index in [0.717, 1.165) is 5.56 Å². The van der Waals surface area contributed by atoms with Crippen molar-refractivity contribution in [3.8, 4) is 5.75 Å². The Bertz CT molecular complexity index is 378. The maximum Gasteiger partial charge on any atom is 0.410 e. The minimum atomic E-state index is -0.286. The molecule has 1 aliphatic rings. The van der Waals surface area contributed by atoms with Gasteiger partial charge < -0.3 is 14.7 Å². The normalized spacial score (nSPS) is 20.5. The van der Waals surface area contributed by atoms with Gasteiger partial charge in [-0.05, 0) is 24.6 Å². The number of carbonyl (C=O) groups excluding carboxylic acids is 1. The monoisotopic (exact) mass is 207 g/mol. The van der Waals surface area contributed by atoms with Gasteiger partial charge in [-0.15, -0.1) is 0 Å². The average molecular weight is 207 g/mol. The molecule has 1 fully saturated rings. The first-order chi connectivity index (χ1) is 7.20. The largest absolute Gasteiger partial charge is 0.508 e. The highest BCUT2D eigenvalue weighted by Gasteiger charge is 2.31. The predicted molar refractivity (Wildman–Crippen MR) is 54.6 cm³/mol. The Hall–Kier alpha value is -1.71. The second-order valence-electron chi connectivity index (χ2n) is 3.51. The van der Waals surface area contributed by atoms with E-state index in [1.807, 2.05) is 13.0 Å². The SMILES string of the molecule is CCN1CC(c2cccc(O)c2)OC1=O. The van der Waals surface area contributed by atoms with Crippen LogP contribution >= 0.6 is 0 Å². The Morgan fingerprint density at radius 3 is 3.00 bits per heavy atom. The van der Waals surface area contributed by atoms with E-state index in [2.05, 4.69) is 0 Å². The number of phenols is 1. The van der Waals surface area contributed by atoms with E-state index in [1.165, 1.54) is 0 Å². The number of hydrogen-bond acceptors (Lipinski definition) is 3. The molecule has 0 aliphatic carbocycles. The van der Waals surface area contributed by atoms with Crippen LogP contribution in [0, 0.1) is 0 Å². The fraction of sp³-hybridized carbons (Fsp3) is 0.364. The molecule has 1 saturated heterocycles. The van der Waals surface area contributed by atoms with Gasteiger partial charge >= 0.3 is 6.09 Å². The van der Waals surface area contributed by atoms with Gasteiger partial charge in [0.15, 0.2) is 0 Å². The third-order valence-electron chi connectivity index (χ3n) is 2.51. The molecule has 0 aromatic heterocycles. The van der Waals surface area contributed by atoms with Crippen LogP contribution in [0.5, 0.6) is 5.75 Å². The molecule has 0 radical (unpaired) electrons. The first kappa shape index (κ1) is 9.83. The van der Waals surface area contributed by atoms with Crippen molar-refractivity contribution in [3.05, 3.63) is 29.8 Å². The Kier molecular flexibility index (Phi) is 2.49. The number of amides is 1. The lowest BCUT2D eigenvalue weighted by Crippen LogP contribution is -2.23. The van der Waals surface area contributed by atoms with E-state index >= 15 is 0 Å². The van der Waals surface area contributed by atoms with E-state index in [-0.39, 0.29) is 17.9 Å². The molecule has 1 atom stereocenters. The molecule has 4 nitrogen and oxygen atoms in total. The van der Waals surface area contributed by atoms with Gasteiger partial charge in [-0.2, -0.15) is 0 Å². The van der Waals surface area contributed by atoms with Gasteiger partial charge in [-0.1, -0.05) is 12.1 Å². The van der Waals surface area contributed by atoms with Crippen LogP contribution in [0.25, 0.3) is 0 Å². The zero-order valence-electron chi connectivity index (χ0n) is 8.51. The first-order valence-corrected chi connectivity index (χ1v) is 4.95. The van der Waals surface area contributed by atoms with Crippen molar-refractivity contribution >= 4 is 6.09 Å². The summed E-state index contributed by atoms with van der Waals surface area (Å²) in [5, 5.41) is 9.31. The van der Waals surface area contributed by atoms with Crippen molar-refractivity contribution in [2.24, 2.45) is 0 Å². The predicted octanol–water partition coefficient (Wildman–Crippen LogP) is 1.91. The van der Waals surface area contributed by atoms with Crippen molar-refractivity contribution < 1.29 is 14.6 Å². The number of benzene rings is 1. The summed E-state index contributed by atoms with van der Waals surface area (Å²) in [5.74, 6) is 0.193. The van der Waals surface area contributed by atoms with Crippen LogP contribution in [0.2, 0.25) is 0 Å². The molecule has 0 bridgehead atoms. The van der Waals surface area contributed by atoms with Crippen LogP contribution in [0.1, 0.15) is 18.6 Å². The molecule has 1 aromatic carbocycles. The minimum Gasteiger partial charge on any atom is -0.508 e. The van der Waals surface area contributed by atoms with Gasteiger partial charge in [0.1, 0.15) is 11.9 Å². The second-order valence-corrected chi connectivity index (χ2v) is 3.51. The quantitative estimate of drug-likeness (QED) is 0.805. The summed E-state index contributed by atoms with van der Waals surface area (Å²) in [6, 6.07) is 6.80. The Balaban J connectivity index is 2.17. The standard InChI is InChI=1S/C11H13NO3/c1-2-12-7-10(15-11(12)14)8-4-3-5-9(13)6-8/h3-6,10,13H,2,7H2,1H3. The van der Waals surface area contributed by atoms with Crippen molar-refractivity contribution in [2.75, 3.05) is 13.1 Å². The molecule has 1 heterocycles. The smallest absolute Gasteiger partial charge is 0.410 e. The van der Waals surface area contributed by atoms with Crippen molar-refractivity contribution in [1.29, 1.82) is 0 Å². The van der Waals surface area contributed by atoms with Gasteiger partial charge in [-0.25, -0.2) is 4.79 Å². The van der Waals surface area contributed by atoms with Crippen LogP contribution in [0.3, 0.4) is 0 Å². The van der Waals surface area contributed by atoms with Gasteiger partial charge in [0.05, 0.1) is 6.54 Å². The minimum absolute atomic E-state index is 0.193. The lowest BCUT2D eigenvalue weighted by molar-refractivity contribution is 0.133. The third-order valence-corrected chi connectivity index (χ3v) is 2.51. The number of ether oxygens (including phenoxy) is 1. The number of aromatic hydroxyl groups is 1. The number of hydrogen-bond donors (Lipinski definition) is 1. The summed E-state index contributed by atoms with van der Waals surface area (Å²) in [6.45, 7) is 3.11. The summed E-state index contributed by atoms with van der Waals surface area (Å²) in [6.07, 6.45) is -0.546. The Morgan fingerprint density at radius 2 is 2.40 bits per heavy atom. The van der Waals surface area contributed by atoms with E-state index in [4.69, 9.17) is 4.74 Å². The molecule has 1 unspecified atom stereocenters. The van der Waals surface area contributed by atoms with Crippen molar-refractivity contribution in [3.63, 3.8) is 0 Å². The molecule has 1 aromatic rings. The molecule has 4 heteroatoms. The van der Waals surface area contributed by atoms with Crippen LogP contribution < -0.4 is 0 Å². The Labute approximate surface area is 88.1 Å². The molecule has 0 saturated carbocycles. The molecule has 80 valence electrons. The molecule has 1 N–H and O–H groups in total. The molecular weight excluding hydrogens is 194 g/mol. The average Bonchev–Trinajstić information content (AvgIpc) is 2.60. The van der Waals surface area contributed by atoms with Crippen LogP contribution in [-0.4, -0.2) is 29.2 Å². The van der Waals surface area contributed by atoms with Gasteiger partial charge in [-0.3, -0.25) is 0 Å². The van der Waals surface area contributed by atoms with E-state index in [0.29, 0.717) is 13.1 Å². The van der Waals surface area contributed by atoms with Crippen molar-refractivity contribution in [2.45, 2.75) is 13.0 Å². The highest BCUT2D eigenvalue weighted by atomic mass is 16.6. The lowest BCUT2D eigenvalue weighted by atomic mass is 10.1. The topological polar surface area (TPSA) is 49.8 Å². The van der Waals surface area contributed by atoms with Gasteiger partial charge in [0.2, 0.25) is 0 Å². The van der Waals surface area contributed by atoms with Gasteiger partial charge in [0, 0.05) is 6.54 Å². The molecule has 15 heavy (non-hydrogen) atoms. The number of nitrogens with zero attached hydrogens (tertiary/aromatic N) is 1. The summed E-state index contributed by atoms with van der Waals surface area (Å²) in [4.78, 5) is 12.9. The number of cyclic esters (lactones) is 1. The van der Waals surface area contributed by atoms with Crippen LogP contribution in [0.15, 0.2) is 24.3 Å². The number of phenolic OH excluding ortho intramolecular Hbond substituents is 1. The van der Waals surface area contributed by atoms with Crippen LogP contribution in [-0.2, 0) is 4.74 Å². The van der Waals surface area contributed by atoms with Gasteiger partial charge in [0.25, 0.3) is 0 Å². The van der Waals surface area contributed by atoms with Crippen LogP contribution in [0.4, 0.5) is 4.79 Å². The molecule has 1 amide bonds. The summed E-state index contributed by atoms with van der Waals surface area (Å²) < 4.78 is 5.18.